The topological polar surface area (TPSA) is 50.9 Å². The van der Waals surface area contributed by atoms with Gasteiger partial charge < -0.3 is 5.11 Å². The first-order chi connectivity index (χ1) is 10.2. The number of hydrogen-bond donors (Lipinski definition) is 1. The Bertz CT molecular complexity index is 599. The van der Waals surface area contributed by atoms with Crippen LogP contribution < -0.4 is 0 Å². The number of aliphatic hydroxyl groups is 1. The summed E-state index contributed by atoms with van der Waals surface area (Å²) < 4.78 is 28.1. The van der Waals surface area contributed by atoms with E-state index in [2.05, 4.69) is 17.2 Å². The largest absolute Gasteiger partial charge is 0.390 e. The fourth-order valence-corrected chi connectivity index (χ4v) is 2.26. The van der Waals surface area contributed by atoms with E-state index in [9.17, 15) is 13.9 Å². The molecule has 114 valence electrons. The van der Waals surface area contributed by atoms with Gasteiger partial charge in [-0.2, -0.15) is 0 Å². The van der Waals surface area contributed by atoms with Crippen LogP contribution in [-0.2, 0) is 13.2 Å². The average Bonchev–Trinajstić information content (AvgIpc) is 2.89. The monoisotopic (exact) mass is 295 g/mol. The van der Waals surface area contributed by atoms with Crippen molar-refractivity contribution in [3.05, 3.63) is 35.5 Å². The van der Waals surface area contributed by atoms with Crippen molar-refractivity contribution in [2.75, 3.05) is 0 Å². The van der Waals surface area contributed by atoms with Crippen LogP contribution in [-0.4, -0.2) is 20.1 Å². The lowest BCUT2D eigenvalue weighted by molar-refractivity contribution is 0.277. The van der Waals surface area contributed by atoms with Crippen LogP contribution in [0.5, 0.6) is 0 Å². The third kappa shape index (κ3) is 3.64. The smallest absolute Gasteiger partial charge is 0.159 e. The van der Waals surface area contributed by atoms with Crippen LogP contribution in [0.3, 0.4) is 0 Å². The Kier molecular flexibility index (Phi) is 5.38. The Morgan fingerprint density at radius 1 is 1.14 bits per heavy atom. The van der Waals surface area contributed by atoms with Crippen LogP contribution >= 0.6 is 0 Å². The van der Waals surface area contributed by atoms with Gasteiger partial charge in [0.05, 0.1) is 12.3 Å². The van der Waals surface area contributed by atoms with E-state index in [-0.39, 0.29) is 6.61 Å². The maximum Gasteiger partial charge on any atom is 0.159 e. The zero-order valence-corrected chi connectivity index (χ0v) is 12.0. The third-order valence-corrected chi connectivity index (χ3v) is 3.37. The van der Waals surface area contributed by atoms with E-state index in [0.29, 0.717) is 23.5 Å². The highest BCUT2D eigenvalue weighted by Crippen LogP contribution is 2.24. The predicted octanol–water partition coefficient (Wildman–Crippen LogP) is 3.30. The fourth-order valence-electron chi connectivity index (χ4n) is 2.26. The van der Waals surface area contributed by atoms with E-state index in [0.717, 1.165) is 37.8 Å². The number of halogens is 2. The molecule has 2 rings (SSSR count). The van der Waals surface area contributed by atoms with Crippen LogP contribution in [0.25, 0.3) is 11.3 Å². The summed E-state index contributed by atoms with van der Waals surface area (Å²) in [5, 5.41) is 17.3. The van der Waals surface area contributed by atoms with E-state index >= 15 is 0 Å². The summed E-state index contributed by atoms with van der Waals surface area (Å²) in [5.74, 6) is -1.82. The van der Waals surface area contributed by atoms with Crippen molar-refractivity contribution in [3.63, 3.8) is 0 Å². The van der Waals surface area contributed by atoms with Crippen LogP contribution in [0.2, 0.25) is 0 Å². The molecule has 0 fully saturated rings. The number of rotatable bonds is 7. The summed E-state index contributed by atoms with van der Waals surface area (Å²) in [6.07, 6.45) is 4.28. The van der Waals surface area contributed by atoms with Gasteiger partial charge >= 0.3 is 0 Å². The molecule has 0 spiro atoms. The van der Waals surface area contributed by atoms with Gasteiger partial charge in [-0.05, 0) is 24.6 Å². The SMILES string of the molecule is CCCCCCn1nnc(CO)c1-c1ccc(F)c(F)c1. The molecule has 2 aromatic rings. The number of nitrogens with zero attached hydrogens (tertiary/aromatic N) is 3. The number of aromatic nitrogens is 3. The van der Waals surface area contributed by atoms with Crippen LogP contribution in [0.15, 0.2) is 18.2 Å². The van der Waals surface area contributed by atoms with Crippen LogP contribution in [0, 0.1) is 11.6 Å². The molecule has 0 saturated heterocycles. The molecule has 0 aliphatic rings. The predicted molar refractivity (Wildman–Crippen MR) is 75.4 cm³/mol. The molecule has 4 nitrogen and oxygen atoms in total. The second-order valence-electron chi connectivity index (χ2n) is 4.96. The summed E-state index contributed by atoms with van der Waals surface area (Å²) in [4.78, 5) is 0. The molecule has 0 unspecified atom stereocenters. The van der Waals surface area contributed by atoms with Crippen molar-refractivity contribution in [1.82, 2.24) is 15.0 Å². The summed E-state index contributed by atoms with van der Waals surface area (Å²) in [6.45, 7) is 2.48. The first-order valence-corrected chi connectivity index (χ1v) is 7.16. The molecular formula is C15H19F2N3O. The Hall–Kier alpha value is -1.82. The zero-order chi connectivity index (χ0) is 15.2. The van der Waals surface area contributed by atoms with E-state index in [1.165, 1.54) is 6.07 Å². The minimum absolute atomic E-state index is 0.288. The van der Waals surface area contributed by atoms with Gasteiger partial charge in [-0.15, -0.1) is 5.10 Å². The van der Waals surface area contributed by atoms with Gasteiger partial charge in [0.15, 0.2) is 11.6 Å². The van der Waals surface area contributed by atoms with Crippen molar-refractivity contribution in [3.8, 4) is 11.3 Å². The molecule has 0 radical (unpaired) electrons. The van der Waals surface area contributed by atoms with Gasteiger partial charge in [-0.1, -0.05) is 31.4 Å². The zero-order valence-electron chi connectivity index (χ0n) is 12.0. The van der Waals surface area contributed by atoms with Gasteiger partial charge in [-0.25, -0.2) is 13.5 Å². The van der Waals surface area contributed by atoms with Crippen LogP contribution in [0.1, 0.15) is 38.3 Å². The van der Waals surface area contributed by atoms with E-state index < -0.39 is 11.6 Å². The summed E-state index contributed by atoms with van der Waals surface area (Å²) in [5.41, 5.74) is 1.39. The van der Waals surface area contributed by atoms with Crippen LogP contribution in [0.4, 0.5) is 8.78 Å². The molecule has 6 heteroatoms. The van der Waals surface area contributed by atoms with Crippen molar-refractivity contribution < 1.29 is 13.9 Å². The van der Waals surface area contributed by atoms with Crippen molar-refractivity contribution in [2.45, 2.75) is 45.8 Å². The Morgan fingerprint density at radius 3 is 2.62 bits per heavy atom. The molecule has 0 saturated carbocycles. The number of hydrogen-bond acceptors (Lipinski definition) is 3. The molecule has 0 amide bonds. The minimum Gasteiger partial charge on any atom is -0.390 e. The summed E-state index contributed by atoms with van der Waals surface area (Å²) >= 11 is 0. The van der Waals surface area contributed by atoms with Gasteiger partial charge in [0.25, 0.3) is 0 Å². The van der Waals surface area contributed by atoms with Gasteiger partial charge in [0, 0.05) is 12.1 Å². The molecule has 1 N–H and O–H groups in total. The Morgan fingerprint density at radius 2 is 1.95 bits per heavy atom. The number of aliphatic hydroxyl groups excluding tert-OH is 1. The third-order valence-electron chi connectivity index (χ3n) is 3.37. The quantitative estimate of drug-likeness (QED) is 0.797. The lowest BCUT2D eigenvalue weighted by Gasteiger charge is -2.08. The molecule has 1 heterocycles. The highest BCUT2D eigenvalue weighted by Gasteiger charge is 2.15. The van der Waals surface area contributed by atoms with Gasteiger partial charge in [0.1, 0.15) is 5.69 Å². The molecule has 21 heavy (non-hydrogen) atoms. The lowest BCUT2D eigenvalue weighted by atomic mass is 10.1. The van der Waals surface area contributed by atoms with Gasteiger partial charge in [0.2, 0.25) is 0 Å². The molecule has 0 atom stereocenters. The molecule has 0 aliphatic carbocycles. The second kappa shape index (κ2) is 7.26. The Balaban J connectivity index is 2.27. The number of aryl methyl sites for hydroxylation is 1. The minimum atomic E-state index is -0.921. The lowest BCUT2D eigenvalue weighted by Crippen LogP contribution is -2.04. The Labute approximate surface area is 122 Å². The fraction of sp³-hybridized carbons (Fsp3) is 0.467. The van der Waals surface area contributed by atoms with Gasteiger partial charge in [-0.3, -0.25) is 0 Å². The first kappa shape index (κ1) is 15.6. The van der Waals surface area contributed by atoms with E-state index in [4.69, 9.17) is 0 Å². The highest BCUT2D eigenvalue weighted by molar-refractivity contribution is 5.61. The van der Waals surface area contributed by atoms with E-state index in [1.54, 1.807) is 4.68 Å². The molecular weight excluding hydrogens is 276 g/mol. The van der Waals surface area contributed by atoms with Crippen molar-refractivity contribution in [1.29, 1.82) is 0 Å². The average molecular weight is 295 g/mol. The van der Waals surface area contributed by atoms with Crippen molar-refractivity contribution >= 4 is 0 Å². The summed E-state index contributed by atoms with van der Waals surface area (Å²) in [7, 11) is 0. The number of benzene rings is 1. The first-order valence-electron chi connectivity index (χ1n) is 7.16. The maximum absolute atomic E-state index is 13.4. The standard InChI is InChI=1S/C15H19F2N3O/c1-2-3-4-5-8-20-15(14(10-21)18-19-20)11-6-7-12(16)13(17)9-11/h6-7,9,21H,2-5,8,10H2,1H3. The molecule has 1 aromatic heterocycles. The molecule has 0 bridgehead atoms. The number of unbranched alkanes of at least 4 members (excludes halogenated alkanes) is 3. The summed E-state index contributed by atoms with van der Waals surface area (Å²) in [6, 6.07) is 3.65. The second-order valence-corrected chi connectivity index (χ2v) is 4.96. The maximum atomic E-state index is 13.4. The van der Waals surface area contributed by atoms with Crippen molar-refractivity contribution in [2.24, 2.45) is 0 Å². The van der Waals surface area contributed by atoms with E-state index in [1.807, 2.05) is 0 Å². The molecule has 0 aliphatic heterocycles. The molecule has 1 aromatic carbocycles. The highest BCUT2D eigenvalue weighted by atomic mass is 19.2. The normalized spacial score (nSPS) is 11.0.